The van der Waals surface area contributed by atoms with Gasteiger partial charge in [0.2, 0.25) is 0 Å². The van der Waals surface area contributed by atoms with Crippen molar-refractivity contribution in [2.75, 3.05) is 0 Å². The molecule has 0 aliphatic carbocycles. The van der Waals surface area contributed by atoms with Gasteiger partial charge in [0.15, 0.2) is 0 Å². The van der Waals surface area contributed by atoms with Gasteiger partial charge in [-0.05, 0) is 71.0 Å². The van der Waals surface area contributed by atoms with Gasteiger partial charge in [-0.1, -0.05) is 34.6 Å². The Kier molecular flexibility index (Phi) is 6.07. The van der Waals surface area contributed by atoms with E-state index in [1.165, 1.54) is 40.1 Å². The fraction of sp³-hybridized carbons (Fsp3) is 0.579. The number of thiophene rings is 2. The Morgan fingerprint density at radius 1 is 0.857 bits per heavy atom. The lowest BCUT2D eigenvalue weighted by molar-refractivity contribution is 0.575. The fourth-order valence-electron chi connectivity index (χ4n) is 2.60. The van der Waals surface area contributed by atoms with Gasteiger partial charge < -0.3 is 0 Å². The normalized spacial score (nSPS) is 14.6. The first-order valence-corrected chi connectivity index (χ1v) is 9.92. The summed E-state index contributed by atoms with van der Waals surface area (Å²) in [5, 5.41) is 4.72. The molecule has 2 heteroatoms. The van der Waals surface area contributed by atoms with Crippen molar-refractivity contribution in [3.8, 4) is 0 Å². The summed E-state index contributed by atoms with van der Waals surface area (Å²) in [4.78, 5) is 3.04. The minimum Gasteiger partial charge on any atom is -0.149 e. The van der Waals surface area contributed by atoms with Crippen molar-refractivity contribution in [3.05, 3.63) is 43.8 Å². The molecule has 2 aromatic heterocycles. The molecule has 0 saturated heterocycles. The zero-order valence-electron chi connectivity index (χ0n) is 14.0. The van der Waals surface area contributed by atoms with Gasteiger partial charge in [0.1, 0.15) is 0 Å². The molecular weight excluding hydrogens is 292 g/mol. The Morgan fingerprint density at radius 2 is 1.43 bits per heavy atom. The van der Waals surface area contributed by atoms with E-state index in [-0.39, 0.29) is 0 Å². The van der Waals surface area contributed by atoms with Crippen LogP contribution in [0.3, 0.4) is 0 Å². The predicted octanol–water partition coefficient (Wildman–Crippen LogP) is 7.18. The lowest BCUT2D eigenvalue weighted by Crippen LogP contribution is -1.97. The monoisotopic (exact) mass is 320 g/mol. The summed E-state index contributed by atoms with van der Waals surface area (Å²) >= 11 is 3.84. The molecule has 0 spiro atoms. The molecule has 116 valence electrons. The molecule has 0 amide bonds. The second-order valence-electron chi connectivity index (χ2n) is 6.52. The zero-order valence-corrected chi connectivity index (χ0v) is 15.6. The van der Waals surface area contributed by atoms with Crippen molar-refractivity contribution in [1.29, 1.82) is 0 Å². The van der Waals surface area contributed by atoms with E-state index in [4.69, 9.17) is 0 Å². The van der Waals surface area contributed by atoms with Gasteiger partial charge in [0.25, 0.3) is 0 Å². The average molecular weight is 321 g/mol. The summed E-state index contributed by atoms with van der Waals surface area (Å²) in [5.41, 5.74) is 3.08. The first-order valence-electron chi connectivity index (χ1n) is 8.16. The highest BCUT2D eigenvalue weighted by molar-refractivity contribution is 7.10. The largest absolute Gasteiger partial charge is 0.149 e. The van der Waals surface area contributed by atoms with E-state index in [0.717, 1.165) is 0 Å². The van der Waals surface area contributed by atoms with E-state index in [9.17, 15) is 0 Å². The molecule has 0 bridgehead atoms. The van der Waals surface area contributed by atoms with Crippen LogP contribution in [0.5, 0.6) is 0 Å². The predicted molar refractivity (Wildman–Crippen MR) is 98.2 cm³/mol. The smallest absolute Gasteiger partial charge is 0.00736 e. The van der Waals surface area contributed by atoms with Crippen molar-refractivity contribution >= 4 is 22.7 Å². The van der Waals surface area contributed by atoms with Gasteiger partial charge in [-0.15, -0.1) is 22.7 Å². The van der Waals surface area contributed by atoms with Crippen molar-refractivity contribution in [2.24, 2.45) is 0 Å². The van der Waals surface area contributed by atoms with E-state index in [1.54, 1.807) is 0 Å². The third-order valence-electron chi connectivity index (χ3n) is 4.40. The van der Waals surface area contributed by atoms with Crippen LogP contribution in [0.25, 0.3) is 0 Å². The maximum absolute atomic E-state index is 2.42. The Hall–Kier alpha value is -0.600. The molecule has 0 aliphatic rings. The van der Waals surface area contributed by atoms with Crippen LogP contribution < -0.4 is 0 Å². The number of hydrogen-bond acceptors (Lipinski definition) is 2. The van der Waals surface area contributed by atoms with Crippen LogP contribution >= 0.6 is 22.7 Å². The van der Waals surface area contributed by atoms with E-state index in [2.05, 4.69) is 57.5 Å². The molecular formula is C19H28S2. The Labute approximate surface area is 138 Å². The summed E-state index contributed by atoms with van der Waals surface area (Å²) < 4.78 is 0. The highest BCUT2D eigenvalue weighted by Crippen LogP contribution is 2.33. The Balaban J connectivity index is 1.89. The minimum atomic E-state index is 0.660. The molecule has 21 heavy (non-hydrogen) atoms. The molecule has 0 radical (unpaired) electrons. The van der Waals surface area contributed by atoms with E-state index in [1.807, 2.05) is 22.7 Å². The van der Waals surface area contributed by atoms with Crippen LogP contribution in [0, 0.1) is 0 Å². The summed E-state index contributed by atoms with van der Waals surface area (Å²) in [6, 6.07) is 4.83. The van der Waals surface area contributed by atoms with Gasteiger partial charge >= 0.3 is 0 Å². The molecule has 0 saturated carbocycles. The topological polar surface area (TPSA) is 0 Å². The van der Waals surface area contributed by atoms with Crippen LogP contribution in [0.1, 0.15) is 86.1 Å². The van der Waals surface area contributed by atoms with E-state index >= 15 is 0 Å². The molecule has 2 rings (SSSR count). The molecule has 2 atom stereocenters. The second kappa shape index (κ2) is 7.60. The SMILES string of the molecule is CCc1cc([C@H](C)CCC(C)c2csc(C(C)C)c2)cs1. The zero-order chi connectivity index (χ0) is 15.4. The highest BCUT2D eigenvalue weighted by atomic mass is 32.1. The van der Waals surface area contributed by atoms with Gasteiger partial charge in [-0.25, -0.2) is 0 Å². The average Bonchev–Trinajstić information content (AvgIpc) is 3.12. The molecule has 0 nitrogen and oxygen atoms in total. The standard InChI is InChI=1S/C19H28S2/c1-6-18-9-16(11-20-18)14(4)7-8-15(5)17-10-19(13(2)3)21-12-17/h9-15H,6-8H2,1-5H3/t14-,15?/m1/s1. The maximum atomic E-state index is 2.42. The lowest BCUT2D eigenvalue weighted by atomic mass is 9.91. The number of rotatable bonds is 7. The molecule has 2 aromatic rings. The quantitative estimate of drug-likeness (QED) is 0.506. The Morgan fingerprint density at radius 3 is 1.90 bits per heavy atom. The van der Waals surface area contributed by atoms with E-state index in [0.29, 0.717) is 17.8 Å². The van der Waals surface area contributed by atoms with Gasteiger partial charge in [-0.3, -0.25) is 0 Å². The lowest BCUT2D eigenvalue weighted by Gasteiger charge is -2.14. The van der Waals surface area contributed by atoms with Crippen LogP contribution in [0.15, 0.2) is 22.9 Å². The van der Waals surface area contributed by atoms with Gasteiger partial charge in [0.05, 0.1) is 0 Å². The summed E-state index contributed by atoms with van der Waals surface area (Å²) in [7, 11) is 0. The molecule has 2 heterocycles. The van der Waals surface area contributed by atoms with Crippen LogP contribution in [0.4, 0.5) is 0 Å². The third kappa shape index (κ3) is 4.43. The highest BCUT2D eigenvalue weighted by Gasteiger charge is 2.13. The van der Waals surface area contributed by atoms with Crippen molar-refractivity contribution in [3.63, 3.8) is 0 Å². The van der Waals surface area contributed by atoms with Gasteiger partial charge in [0, 0.05) is 9.75 Å². The van der Waals surface area contributed by atoms with Crippen LogP contribution in [-0.2, 0) is 6.42 Å². The number of aryl methyl sites for hydroxylation is 1. The summed E-state index contributed by atoms with van der Waals surface area (Å²) in [6.07, 6.45) is 3.74. The van der Waals surface area contributed by atoms with Crippen molar-refractivity contribution in [1.82, 2.24) is 0 Å². The third-order valence-corrected chi connectivity index (χ3v) is 6.75. The van der Waals surface area contributed by atoms with E-state index < -0.39 is 0 Å². The summed E-state index contributed by atoms with van der Waals surface area (Å²) in [6.45, 7) is 11.6. The second-order valence-corrected chi connectivity index (χ2v) is 8.46. The maximum Gasteiger partial charge on any atom is 0.00736 e. The van der Waals surface area contributed by atoms with Crippen LogP contribution in [0.2, 0.25) is 0 Å². The summed E-state index contributed by atoms with van der Waals surface area (Å²) in [5.74, 6) is 2.03. The fourth-order valence-corrected chi connectivity index (χ4v) is 4.61. The molecule has 0 aliphatic heterocycles. The Bertz CT molecular complexity index is 547. The van der Waals surface area contributed by atoms with Crippen molar-refractivity contribution in [2.45, 2.75) is 71.6 Å². The molecule has 1 unspecified atom stereocenters. The molecule has 0 fully saturated rings. The first kappa shape index (κ1) is 16.8. The van der Waals surface area contributed by atoms with Crippen molar-refractivity contribution < 1.29 is 0 Å². The van der Waals surface area contributed by atoms with Crippen LogP contribution in [-0.4, -0.2) is 0 Å². The minimum absolute atomic E-state index is 0.660. The molecule has 0 aromatic carbocycles. The molecule has 0 N–H and O–H groups in total. The van der Waals surface area contributed by atoms with Gasteiger partial charge in [-0.2, -0.15) is 0 Å². The first-order chi connectivity index (χ1) is 10.0. The number of hydrogen-bond donors (Lipinski definition) is 0.